The Balaban J connectivity index is 2.53. The molecule has 1 rings (SSSR count). The van der Waals surface area contributed by atoms with Gasteiger partial charge in [-0.05, 0) is 6.08 Å². The lowest BCUT2D eigenvalue weighted by Gasteiger charge is -2.10. The van der Waals surface area contributed by atoms with E-state index in [9.17, 15) is 4.79 Å². The molecule has 0 saturated carbocycles. The summed E-state index contributed by atoms with van der Waals surface area (Å²) in [5, 5.41) is 9.03. The Morgan fingerprint density at radius 3 is 3.00 bits per heavy atom. The second kappa shape index (κ2) is 2.66. The van der Waals surface area contributed by atoms with E-state index in [0.29, 0.717) is 0 Å². The maximum Gasteiger partial charge on any atom is 0.331 e. The third-order valence-corrected chi connectivity index (χ3v) is 1.25. The molecule has 1 aliphatic rings. The minimum atomic E-state index is -0.789. The standard InChI is InChI=1S/C7H8O3/c1-2-5(8)6-3-4-7(9)10-6/h2-6,8H,1H2/t5-,6-/m0/s1. The molecule has 0 spiro atoms. The summed E-state index contributed by atoms with van der Waals surface area (Å²) in [6.07, 6.45) is 2.80. The fraction of sp³-hybridized carbons (Fsp3) is 0.286. The van der Waals surface area contributed by atoms with Crippen molar-refractivity contribution >= 4 is 5.97 Å². The summed E-state index contributed by atoms with van der Waals surface area (Å²) in [5.74, 6) is -0.411. The molecule has 0 aromatic heterocycles. The second-order valence-corrected chi connectivity index (χ2v) is 1.99. The van der Waals surface area contributed by atoms with Crippen molar-refractivity contribution in [3.05, 3.63) is 24.8 Å². The van der Waals surface area contributed by atoms with Crippen LogP contribution in [-0.2, 0) is 9.53 Å². The zero-order valence-electron chi connectivity index (χ0n) is 5.36. The van der Waals surface area contributed by atoms with Crippen molar-refractivity contribution in [2.24, 2.45) is 0 Å². The van der Waals surface area contributed by atoms with Gasteiger partial charge in [0.25, 0.3) is 0 Å². The number of hydrogen-bond donors (Lipinski definition) is 1. The summed E-state index contributed by atoms with van der Waals surface area (Å²) in [6, 6.07) is 0. The maximum atomic E-state index is 10.4. The summed E-state index contributed by atoms with van der Waals surface area (Å²) < 4.78 is 4.64. The van der Waals surface area contributed by atoms with Gasteiger partial charge < -0.3 is 9.84 Å². The predicted molar refractivity (Wildman–Crippen MR) is 35.2 cm³/mol. The van der Waals surface area contributed by atoms with Crippen LogP contribution < -0.4 is 0 Å². The summed E-state index contributed by atoms with van der Waals surface area (Å²) in [4.78, 5) is 10.4. The highest BCUT2D eigenvalue weighted by molar-refractivity contribution is 5.84. The zero-order valence-corrected chi connectivity index (χ0v) is 5.36. The van der Waals surface area contributed by atoms with E-state index in [1.807, 2.05) is 0 Å². The summed E-state index contributed by atoms with van der Waals surface area (Å²) in [7, 11) is 0. The van der Waals surface area contributed by atoms with Crippen molar-refractivity contribution in [3.63, 3.8) is 0 Å². The number of aliphatic hydroxyl groups is 1. The first-order chi connectivity index (χ1) is 4.74. The van der Waals surface area contributed by atoms with E-state index in [1.54, 1.807) is 0 Å². The average Bonchev–Trinajstić information content (AvgIpc) is 2.34. The van der Waals surface area contributed by atoms with Crippen molar-refractivity contribution in [2.75, 3.05) is 0 Å². The van der Waals surface area contributed by atoms with Gasteiger partial charge in [0, 0.05) is 6.08 Å². The molecular formula is C7H8O3. The van der Waals surface area contributed by atoms with Crippen LogP contribution in [0.3, 0.4) is 0 Å². The molecule has 3 heteroatoms. The number of hydrogen-bond acceptors (Lipinski definition) is 3. The zero-order chi connectivity index (χ0) is 7.56. The third-order valence-electron chi connectivity index (χ3n) is 1.25. The molecular weight excluding hydrogens is 132 g/mol. The molecule has 0 radical (unpaired) electrons. The first-order valence-corrected chi connectivity index (χ1v) is 2.93. The number of cyclic esters (lactones) is 1. The lowest BCUT2D eigenvalue weighted by atomic mass is 10.2. The van der Waals surface area contributed by atoms with E-state index in [4.69, 9.17) is 5.11 Å². The molecule has 0 aliphatic carbocycles. The first-order valence-electron chi connectivity index (χ1n) is 2.93. The summed E-state index contributed by atoms with van der Waals surface area (Å²) in [5.41, 5.74) is 0. The minimum Gasteiger partial charge on any atom is -0.452 e. The molecule has 1 heterocycles. The quantitative estimate of drug-likeness (QED) is 0.434. The fourth-order valence-corrected chi connectivity index (χ4v) is 0.704. The van der Waals surface area contributed by atoms with E-state index in [0.717, 1.165) is 0 Å². The SMILES string of the molecule is C=C[C@H](O)[C@@H]1C=CC(=O)O1. The normalized spacial score (nSPS) is 26.1. The highest BCUT2D eigenvalue weighted by Crippen LogP contribution is 2.09. The van der Waals surface area contributed by atoms with E-state index in [-0.39, 0.29) is 0 Å². The lowest BCUT2D eigenvalue weighted by molar-refractivity contribution is -0.141. The molecule has 54 valence electrons. The van der Waals surface area contributed by atoms with Crippen LogP contribution in [0.1, 0.15) is 0 Å². The van der Waals surface area contributed by atoms with Crippen LogP contribution in [0.2, 0.25) is 0 Å². The van der Waals surface area contributed by atoms with Crippen molar-refractivity contribution in [1.82, 2.24) is 0 Å². The molecule has 2 atom stereocenters. The molecule has 0 bridgehead atoms. The van der Waals surface area contributed by atoms with Gasteiger partial charge in [-0.3, -0.25) is 0 Å². The molecule has 1 N–H and O–H groups in total. The van der Waals surface area contributed by atoms with Gasteiger partial charge in [-0.1, -0.05) is 6.08 Å². The van der Waals surface area contributed by atoms with Gasteiger partial charge >= 0.3 is 5.97 Å². The summed E-state index contributed by atoms with van der Waals surface area (Å²) in [6.45, 7) is 3.36. The molecule has 0 aromatic rings. The highest BCUT2D eigenvalue weighted by atomic mass is 16.6. The topological polar surface area (TPSA) is 46.5 Å². The highest BCUT2D eigenvalue weighted by Gasteiger charge is 2.21. The van der Waals surface area contributed by atoms with Crippen LogP contribution in [0.25, 0.3) is 0 Å². The number of ether oxygens (including phenoxy) is 1. The van der Waals surface area contributed by atoms with Crippen molar-refractivity contribution in [1.29, 1.82) is 0 Å². The van der Waals surface area contributed by atoms with Crippen molar-refractivity contribution in [3.8, 4) is 0 Å². The molecule has 3 nitrogen and oxygen atoms in total. The molecule has 0 aromatic carbocycles. The van der Waals surface area contributed by atoms with Crippen LogP contribution in [-0.4, -0.2) is 23.3 Å². The molecule has 1 aliphatic heterocycles. The Bertz CT molecular complexity index is 183. The van der Waals surface area contributed by atoms with Crippen molar-refractivity contribution in [2.45, 2.75) is 12.2 Å². The molecule has 0 fully saturated rings. The van der Waals surface area contributed by atoms with Gasteiger partial charge in [-0.25, -0.2) is 4.79 Å². The van der Waals surface area contributed by atoms with E-state index in [1.165, 1.54) is 18.2 Å². The Morgan fingerprint density at radius 2 is 2.60 bits per heavy atom. The third kappa shape index (κ3) is 1.25. The predicted octanol–water partition coefficient (Wildman–Crippen LogP) is 0.0149. The van der Waals surface area contributed by atoms with Gasteiger partial charge in [-0.2, -0.15) is 0 Å². The van der Waals surface area contributed by atoms with Crippen molar-refractivity contribution < 1.29 is 14.6 Å². The maximum absolute atomic E-state index is 10.4. The number of aliphatic hydroxyl groups excluding tert-OH is 1. The molecule has 10 heavy (non-hydrogen) atoms. The lowest BCUT2D eigenvalue weighted by Crippen LogP contribution is -2.22. The molecule has 0 saturated heterocycles. The van der Waals surface area contributed by atoms with Crippen LogP contribution >= 0.6 is 0 Å². The smallest absolute Gasteiger partial charge is 0.331 e. The van der Waals surface area contributed by atoms with E-state index in [2.05, 4.69) is 11.3 Å². The van der Waals surface area contributed by atoms with Crippen LogP contribution in [0.4, 0.5) is 0 Å². The number of rotatable bonds is 2. The largest absolute Gasteiger partial charge is 0.452 e. The van der Waals surface area contributed by atoms with E-state index >= 15 is 0 Å². The van der Waals surface area contributed by atoms with Gasteiger partial charge in [0.05, 0.1) is 0 Å². The number of esters is 1. The van der Waals surface area contributed by atoms with Gasteiger partial charge in [-0.15, -0.1) is 6.58 Å². The Hall–Kier alpha value is -1.09. The summed E-state index contributed by atoms with van der Waals surface area (Å²) >= 11 is 0. The second-order valence-electron chi connectivity index (χ2n) is 1.99. The van der Waals surface area contributed by atoms with Crippen LogP contribution in [0, 0.1) is 0 Å². The average molecular weight is 140 g/mol. The number of carbonyl (C=O) groups is 1. The Morgan fingerprint density at radius 1 is 1.90 bits per heavy atom. The van der Waals surface area contributed by atoms with Gasteiger partial charge in [0.2, 0.25) is 0 Å². The Labute approximate surface area is 58.6 Å². The van der Waals surface area contributed by atoms with Gasteiger partial charge in [0.1, 0.15) is 6.10 Å². The molecule has 0 amide bonds. The van der Waals surface area contributed by atoms with Crippen LogP contribution in [0.15, 0.2) is 24.8 Å². The Kier molecular flexibility index (Phi) is 1.87. The van der Waals surface area contributed by atoms with Gasteiger partial charge in [0.15, 0.2) is 6.10 Å². The fourth-order valence-electron chi connectivity index (χ4n) is 0.704. The van der Waals surface area contributed by atoms with Crippen LogP contribution in [0.5, 0.6) is 0 Å². The van der Waals surface area contributed by atoms with E-state index < -0.39 is 18.2 Å². The minimum absolute atomic E-state index is 0.411. The number of carbonyl (C=O) groups excluding carboxylic acids is 1. The first kappa shape index (κ1) is 7.02. The monoisotopic (exact) mass is 140 g/mol. The molecule has 0 unspecified atom stereocenters.